The van der Waals surface area contributed by atoms with Crippen LogP contribution in [0, 0.1) is 6.92 Å². The third kappa shape index (κ3) is 3.59. The summed E-state index contributed by atoms with van der Waals surface area (Å²) in [7, 11) is 1.76. The molecule has 0 aliphatic carbocycles. The average Bonchev–Trinajstić information content (AvgIpc) is 2.98. The highest BCUT2D eigenvalue weighted by Crippen LogP contribution is 2.14. The molecule has 5 nitrogen and oxygen atoms in total. The topological polar surface area (TPSA) is 72.1 Å². The van der Waals surface area contributed by atoms with Crippen LogP contribution in [0.5, 0.6) is 0 Å². The first-order valence-electron chi connectivity index (χ1n) is 5.91. The minimum absolute atomic E-state index is 0.0785. The number of nitrogens with zero attached hydrogens (tertiary/aromatic N) is 3. The van der Waals surface area contributed by atoms with Gasteiger partial charge in [0, 0.05) is 24.2 Å². The van der Waals surface area contributed by atoms with Crippen molar-refractivity contribution in [3.05, 3.63) is 32.2 Å². The van der Waals surface area contributed by atoms with Crippen LogP contribution in [-0.4, -0.2) is 34.4 Å². The molecule has 19 heavy (non-hydrogen) atoms. The summed E-state index contributed by atoms with van der Waals surface area (Å²) in [5, 5.41) is 5.68. The largest absolute Gasteiger partial charge is 0.334 e. The maximum absolute atomic E-state index is 12.2. The summed E-state index contributed by atoms with van der Waals surface area (Å²) >= 11 is 3.07. The van der Waals surface area contributed by atoms with E-state index in [1.165, 1.54) is 11.3 Å². The van der Waals surface area contributed by atoms with Gasteiger partial charge in [0.25, 0.3) is 5.91 Å². The van der Waals surface area contributed by atoms with Crippen molar-refractivity contribution in [2.45, 2.75) is 19.9 Å². The molecule has 102 valence electrons. The van der Waals surface area contributed by atoms with Gasteiger partial charge in [-0.3, -0.25) is 4.79 Å². The molecule has 2 heterocycles. The van der Waals surface area contributed by atoms with Crippen molar-refractivity contribution >= 4 is 28.6 Å². The van der Waals surface area contributed by atoms with Crippen molar-refractivity contribution in [3.63, 3.8) is 0 Å². The Bertz CT molecular complexity index is 564. The second-order valence-corrected chi connectivity index (χ2v) is 6.19. The second kappa shape index (κ2) is 6.23. The summed E-state index contributed by atoms with van der Waals surface area (Å²) in [6.07, 6.45) is 0.715. The van der Waals surface area contributed by atoms with Gasteiger partial charge in [-0.15, -0.1) is 22.7 Å². The van der Waals surface area contributed by atoms with Crippen LogP contribution in [0.25, 0.3) is 0 Å². The molecule has 0 saturated heterocycles. The smallest absolute Gasteiger partial charge is 0.273 e. The molecule has 0 aliphatic rings. The molecule has 2 N–H and O–H groups in total. The van der Waals surface area contributed by atoms with E-state index in [-0.39, 0.29) is 5.91 Å². The van der Waals surface area contributed by atoms with E-state index in [9.17, 15) is 4.79 Å². The van der Waals surface area contributed by atoms with Crippen molar-refractivity contribution in [2.24, 2.45) is 5.73 Å². The van der Waals surface area contributed by atoms with Gasteiger partial charge in [0.1, 0.15) is 5.69 Å². The number of carbonyl (C=O) groups is 1. The summed E-state index contributed by atoms with van der Waals surface area (Å²) < 4.78 is 0. The number of nitrogens with two attached hydrogens (primary N) is 1. The fraction of sp³-hybridized carbons (Fsp3) is 0.417. The predicted molar refractivity (Wildman–Crippen MR) is 77.5 cm³/mol. The van der Waals surface area contributed by atoms with Gasteiger partial charge in [-0.1, -0.05) is 0 Å². The van der Waals surface area contributed by atoms with E-state index >= 15 is 0 Å². The molecule has 0 atom stereocenters. The lowest BCUT2D eigenvalue weighted by Crippen LogP contribution is -2.26. The fourth-order valence-electron chi connectivity index (χ4n) is 1.64. The predicted octanol–water partition coefficient (Wildman–Crippen LogP) is 1.68. The molecule has 0 unspecified atom stereocenters. The molecule has 0 saturated carbocycles. The quantitative estimate of drug-likeness (QED) is 0.911. The Morgan fingerprint density at radius 1 is 1.37 bits per heavy atom. The van der Waals surface area contributed by atoms with Gasteiger partial charge in [0.05, 0.1) is 22.3 Å². The van der Waals surface area contributed by atoms with Crippen molar-refractivity contribution in [3.8, 4) is 0 Å². The second-order valence-electron chi connectivity index (χ2n) is 4.18. The molecule has 0 fully saturated rings. The van der Waals surface area contributed by atoms with Gasteiger partial charge in [-0.25, -0.2) is 9.97 Å². The number of aryl methyl sites for hydroxylation is 1. The maximum Gasteiger partial charge on any atom is 0.273 e. The summed E-state index contributed by atoms with van der Waals surface area (Å²) in [5.74, 6) is -0.0785. The lowest BCUT2D eigenvalue weighted by Gasteiger charge is -2.14. The number of hydrogen-bond donors (Lipinski definition) is 1. The number of rotatable bonds is 5. The number of carbonyl (C=O) groups excluding carboxylic acids is 1. The van der Waals surface area contributed by atoms with Crippen molar-refractivity contribution in [1.82, 2.24) is 14.9 Å². The highest BCUT2D eigenvalue weighted by Gasteiger charge is 2.16. The number of aromatic nitrogens is 2. The number of amides is 1. The SMILES string of the molecule is Cc1nc(CN(C)C(=O)c2csc(CCN)n2)cs1. The zero-order valence-electron chi connectivity index (χ0n) is 10.9. The summed E-state index contributed by atoms with van der Waals surface area (Å²) in [6.45, 7) is 3.01. The van der Waals surface area contributed by atoms with Crippen LogP contribution in [0.3, 0.4) is 0 Å². The molecular weight excluding hydrogens is 280 g/mol. The molecule has 7 heteroatoms. The molecule has 0 aliphatic heterocycles. The van der Waals surface area contributed by atoms with Crippen LogP contribution in [0.1, 0.15) is 26.2 Å². The Balaban J connectivity index is 2.01. The number of thiazole rings is 2. The monoisotopic (exact) mass is 296 g/mol. The normalized spacial score (nSPS) is 10.7. The van der Waals surface area contributed by atoms with Gasteiger partial charge in [-0.05, 0) is 13.5 Å². The van der Waals surface area contributed by atoms with Gasteiger partial charge in [-0.2, -0.15) is 0 Å². The fourth-order valence-corrected chi connectivity index (χ4v) is 3.03. The van der Waals surface area contributed by atoms with Crippen molar-refractivity contribution in [2.75, 3.05) is 13.6 Å². The Morgan fingerprint density at radius 3 is 2.79 bits per heavy atom. The molecule has 2 aromatic rings. The van der Waals surface area contributed by atoms with E-state index in [1.54, 1.807) is 28.7 Å². The number of hydrogen-bond acceptors (Lipinski definition) is 6. The summed E-state index contributed by atoms with van der Waals surface area (Å²) in [4.78, 5) is 22.5. The van der Waals surface area contributed by atoms with Gasteiger partial charge in [0.15, 0.2) is 0 Å². The molecule has 0 spiro atoms. The highest BCUT2D eigenvalue weighted by atomic mass is 32.1. The van der Waals surface area contributed by atoms with Crippen LogP contribution in [0.15, 0.2) is 10.8 Å². The van der Waals surface area contributed by atoms with Gasteiger partial charge in [0.2, 0.25) is 0 Å². The summed E-state index contributed by atoms with van der Waals surface area (Å²) in [6, 6.07) is 0. The van der Waals surface area contributed by atoms with E-state index in [0.29, 0.717) is 25.2 Å². The molecule has 0 bridgehead atoms. The Kier molecular flexibility index (Phi) is 4.62. The summed E-state index contributed by atoms with van der Waals surface area (Å²) in [5.41, 5.74) is 6.88. The van der Waals surface area contributed by atoms with Crippen LogP contribution >= 0.6 is 22.7 Å². The minimum atomic E-state index is -0.0785. The van der Waals surface area contributed by atoms with Crippen LogP contribution in [0.4, 0.5) is 0 Å². The Morgan fingerprint density at radius 2 is 2.16 bits per heavy atom. The van der Waals surface area contributed by atoms with Gasteiger partial charge >= 0.3 is 0 Å². The molecule has 2 aromatic heterocycles. The molecule has 2 rings (SSSR count). The lowest BCUT2D eigenvalue weighted by molar-refractivity contribution is 0.0778. The zero-order valence-corrected chi connectivity index (χ0v) is 12.6. The van der Waals surface area contributed by atoms with Crippen molar-refractivity contribution < 1.29 is 4.79 Å². The van der Waals surface area contributed by atoms with Crippen LogP contribution in [0.2, 0.25) is 0 Å². The Hall–Kier alpha value is -1.31. The molecular formula is C12H16N4OS2. The van der Waals surface area contributed by atoms with E-state index in [2.05, 4.69) is 9.97 Å². The van der Waals surface area contributed by atoms with Gasteiger partial charge < -0.3 is 10.6 Å². The zero-order chi connectivity index (χ0) is 13.8. The standard InChI is InChI=1S/C12H16N4OS2/c1-8-14-9(6-18-8)5-16(2)12(17)10-7-19-11(15-10)3-4-13/h6-7H,3-5,13H2,1-2H3. The third-order valence-electron chi connectivity index (χ3n) is 2.54. The van der Waals surface area contributed by atoms with E-state index in [4.69, 9.17) is 5.73 Å². The molecule has 0 radical (unpaired) electrons. The molecule has 0 aromatic carbocycles. The first-order chi connectivity index (χ1) is 9.10. The first-order valence-corrected chi connectivity index (χ1v) is 7.67. The lowest BCUT2D eigenvalue weighted by atomic mass is 10.3. The van der Waals surface area contributed by atoms with E-state index in [0.717, 1.165) is 15.7 Å². The average molecular weight is 296 g/mol. The van der Waals surface area contributed by atoms with E-state index < -0.39 is 0 Å². The first kappa shape index (κ1) is 14.1. The molecule has 1 amide bonds. The van der Waals surface area contributed by atoms with Crippen molar-refractivity contribution in [1.29, 1.82) is 0 Å². The minimum Gasteiger partial charge on any atom is -0.334 e. The maximum atomic E-state index is 12.2. The highest BCUT2D eigenvalue weighted by molar-refractivity contribution is 7.10. The third-order valence-corrected chi connectivity index (χ3v) is 4.27. The van der Waals surface area contributed by atoms with Crippen LogP contribution in [-0.2, 0) is 13.0 Å². The van der Waals surface area contributed by atoms with E-state index in [1.807, 2.05) is 12.3 Å². The van der Waals surface area contributed by atoms with Crippen LogP contribution < -0.4 is 5.73 Å². The Labute approximate surface area is 120 Å².